The molecule has 0 amide bonds. The molecule has 0 atom stereocenters. The van der Waals surface area contributed by atoms with Crippen molar-refractivity contribution in [2.45, 2.75) is 6.92 Å². The van der Waals surface area contributed by atoms with E-state index in [4.69, 9.17) is 5.11 Å². The number of carboxylic acids is 1. The van der Waals surface area contributed by atoms with E-state index in [1.54, 1.807) is 12.3 Å². The molecule has 1 rings (SSSR count). The molecule has 1 N–H and O–H groups in total. The summed E-state index contributed by atoms with van der Waals surface area (Å²) in [6.45, 7) is 3.66. The van der Waals surface area contributed by atoms with Gasteiger partial charge < -0.3 is 10.0 Å². The molecule has 0 unspecified atom stereocenters. The lowest BCUT2D eigenvalue weighted by atomic mass is 10.2. The normalized spacial score (nSPS) is 16.5. The molecule has 0 aromatic heterocycles. The van der Waals surface area contributed by atoms with Crippen molar-refractivity contribution in [3.63, 3.8) is 0 Å². The highest BCUT2D eigenvalue weighted by molar-refractivity contribution is 5.89. The van der Waals surface area contributed by atoms with Crippen molar-refractivity contribution < 1.29 is 9.90 Å². The number of hydrogen-bond acceptors (Lipinski definition) is 2. The Kier molecular flexibility index (Phi) is 2.31. The molecule has 0 aromatic rings. The molecular weight excluding hydrogens is 142 g/mol. The number of carboxylic acid groups (broad SMARTS) is 1. The highest BCUT2D eigenvalue weighted by Gasteiger charge is 2.08. The van der Waals surface area contributed by atoms with Crippen LogP contribution in [0.2, 0.25) is 0 Å². The number of rotatable bonds is 2. The summed E-state index contributed by atoms with van der Waals surface area (Å²) in [5, 5.41) is 8.61. The van der Waals surface area contributed by atoms with Gasteiger partial charge in [0.1, 0.15) is 0 Å². The first-order valence-corrected chi connectivity index (χ1v) is 3.59. The first-order chi connectivity index (χ1) is 5.24. The van der Waals surface area contributed by atoms with Gasteiger partial charge in [0.05, 0.1) is 5.57 Å². The monoisotopic (exact) mass is 153 g/mol. The van der Waals surface area contributed by atoms with E-state index >= 15 is 0 Å². The molecule has 1 aliphatic rings. The van der Waals surface area contributed by atoms with E-state index in [1.807, 2.05) is 17.9 Å². The number of aliphatic carboxylic acids is 1. The fraction of sp³-hybridized carbons (Fsp3) is 0.375. The third kappa shape index (κ3) is 1.83. The molecule has 0 bridgehead atoms. The molecule has 0 fully saturated rings. The van der Waals surface area contributed by atoms with Crippen LogP contribution in [0.4, 0.5) is 0 Å². The van der Waals surface area contributed by atoms with Crippen LogP contribution in [0.25, 0.3) is 0 Å². The molecule has 1 aliphatic heterocycles. The summed E-state index contributed by atoms with van der Waals surface area (Å²) >= 11 is 0. The molecule has 3 heteroatoms. The van der Waals surface area contributed by atoms with Crippen LogP contribution in [-0.4, -0.2) is 29.1 Å². The second-order valence-corrected chi connectivity index (χ2v) is 2.38. The number of nitrogens with zero attached hydrogens (tertiary/aromatic N) is 1. The van der Waals surface area contributed by atoms with Crippen molar-refractivity contribution in [1.82, 2.24) is 4.90 Å². The molecule has 11 heavy (non-hydrogen) atoms. The fourth-order valence-electron chi connectivity index (χ4n) is 0.954. The summed E-state index contributed by atoms with van der Waals surface area (Å²) in [7, 11) is 0. The van der Waals surface area contributed by atoms with E-state index in [9.17, 15) is 4.79 Å². The number of hydrogen-bond donors (Lipinski definition) is 1. The van der Waals surface area contributed by atoms with Gasteiger partial charge in [-0.05, 0) is 13.0 Å². The summed E-state index contributed by atoms with van der Waals surface area (Å²) in [5.74, 6) is -0.862. The minimum Gasteiger partial charge on any atom is -0.478 e. The van der Waals surface area contributed by atoms with Gasteiger partial charge in [0.25, 0.3) is 0 Å². The SMILES string of the molecule is CCN1C=C(C(=O)O)C=CC1. The van der Waals surface area contributed by atoms with Crippen molar-refractivity contribution in [2.24, 2.45) is 0 Å². The van der Waals surface area contributed by atoms with Crippen LogP contribution >= 0.6 is 0 Å². The zero-order chi connectivity index (χ0) is 8.27. The van der Waals surface area contributed by atoms with Gasteiger partial charge >= 0.3 is 5.97 Å². The standard InChI is InChI=1S/C8H11NO2/c1-2-9-5-3-4-7(6-9)8(10)11/h3-4,6H,2,5H2,1H3,(H,10,11). The Labute approximate surface area is 65.6 Å². The molecular formula is C8H11NO2. The van der Waals surface area contributed by atoms with E-state index in [-0.39, 0.29) is 0 Å². The number of carbonyl (C=O) groups is 1. The third-order valence-electron chi connectivity index (χ3n) is 1.61. The lowest BCUT2D eigenvalue weighted by Crippen LogP contribution is -2.21. The van der Waals surface area contributed by atoms with Crippen LogP contribution in [0, 0.1) is 0 Å². The molecule has 0 aliphatic carbocycles. The van der Waals surface area contributed by atoms with Crippen LogP contribution in [-0.2, 0) is 4.79 Å². The summed E-state index contributed by atoms with van der Waals surface area (Å²) in [6, 6.07) is 0. The fourth-order valence-corrected chi connectivity index (χ4v) is 0.954. The summed E-state index contributed by atoms with van der Waals surface area (Å²) in [4.78, 5) is 12.4. The maximum atomic E-state index is 10.5. The Bertz CT molecular complexity index is 218. The van der Waals surface area contributed by atoms with Gasteiger partial charge in [-0.3, -0.25) is 0 Å². The zero-order valence-electron chi connectivity index (χ0n) is 6.45. The summed E-state index contributed by atoms with van der Waals surface area (Å²) in [6.07, 6.45) is 5.16. The molecule has 0 saturated heterocycles. The molecule has 60 valence electrons. The van der Waals surface area contributed by atoms with Crippen LogP contribution in [0.5, 0.6) is 0 Å². The number of likely N-dealkylation sites (N-methyl/N-ethyl adjacent to an activating group) is 1. The highest BCUT2D eigenvalue weighted by atomic mass is 16.4. The van der Waals surface area contributed by atoms with Gasteiger partial charge in [-0.15, -0.1) is 0 Å². The van der Waals surface area contributed by atoms with Crippen LogP contribution < -0.4 is 0 Å². The lowest BCUT2D eigenvalue weighted by Gasteiger charge is -2.19. The smallest absolute Gasteiger partial charge is 0.337 e. The predicted molar refractivity (Wildman–Crippen MR) is 42.1 cm³/mol. The molecule has 0 aromatic carbocycles. The maximum Gasteiger partial charge on any atom is 0.337 e. The first kappa shape index (κ1) is 7.85. The topological polar surface area (TPSA) is 40.5 Å². The molecule has 0 saturated carbocycles. The van der Waals surface area contributed by atoms with E-state index in [0.717, 1.165) is 13.1 Å². The van der Waals surface area contributed by atoms with Gasteiger partial charge in [-0.25, -0.2) is 4.79 Å². The molecule has 0 radical (unpaired) electrons. The average Bonchev–Trinajstić information content (AvgIpc) is 2.05. The highest BCUT2D eigenvalue weighted by Crippen LogP contribution is 2.06. The van der Waals surface area contributed by atoms with Crippen LogP contribution in [0.3, 0.4) is 0 Å². The second-order valence-electron chi connectivity index (χ2n) is 2.38. The summed E-state index contributed by atoms with van der Waals surface area (Å²) in [5.41, 5.74) is 0.359. The molecule has 3 nitrogen and oxygen atoms in total. The van der Waals surface area contributed by atoms with E-state index in [1.165, 1.54) is 0 Å². The largest absolute Gasteiger partial charge is 0.478 e. The van der Waals surface area contributed by atoms with Gasteiger partial charge in [0.2, 0.25) is 0 Å². The van der Waals surface area contributed by atoms with Crippen LogP contribution in [0.15, 0.2) is 23.9 Å². The van der Waals surface area contributed by atoms with Crippen molar-refractivity contribution >= 4 is 5.97 Å². The van der Waals surface area contributed by atoms with Gasteiger partial charge in [-0.1, -0.05) is 6.08 Å². The maximum absolute atomic E-state index is 10.5. The van der Waals surface area contributed by atoms with Crippen molar-refractivity contribution in [2.75, 3.05) is 13.1 Å². The molecule has 0 spiro atoms. The van der Waals surface area contributed by atoms with Crippen LogP contribution in [0.1, 0.15) is 6.92 Å². The minimum absolute atomic E-state index is 0.359. The third-order valence-corrected chi connectivity index (χ3v) is 1.61. The van der Waals surface area contributed by atoms with Crippen molar-refractivity contribution in [3.8, 4) is 0 Å². The predicted octanol–water partition coefficient (Wildman–Crippen LogP) is 0.847. The van der Waals surface area contributed by atoms with Gasteiger partial charge in [0.15, 0.2) is 0 Å². The Morgan fingerprint density at radius 2 is 2.55 bits per heavy atom. The molecule has 1 heterocycles. The Hall–Kier alpha value is -1.25. The van der Waals surface area contributed by atoms with E-state index in [2.05, 4.69) is 0 Å². The second kappa shape index (κ2) is 3.23. The van der Waals surface area contributed by atoms with Gasteiger partial charge in [-0.2, -0.15) is 0 Å². The zero-order valence-corrected chi connectivity index (χ0v) is 6.45. The summed E-state index contributed by atoms with van der Waals surface area (Å²) < 4.78 is 0. The Balaban J connectivity index is 2.71. The van der Waals surface area contributed by atoms with Crippen molar-refractivity contribution in [1.29, 1.82) is 0 Å². The Morgan fingerprint density at radius 3 is 3.09 bits per heavy atom. The Morgan fingerprint density at radius 1 is 1.82 bits per heavy atom. The average molecular weight is 153 g/mol. The first-order valence-electron chi connectivity index (χ1n) is 3.59. The van der Waals surface area contributed by atoms with E-state index in [0.29, 0.717) is 5.57 Å². The lowest BCUT2D eigenvalue weighted by molar-refractivity contribution is -0.132. The quantitative estimate of drug-likeness (QED) is 0.639. The van der Waals surface area contributed by atoms with Crippen molar-refractivity contribution in [3.05, 3.63) is 23.9 Å². The van der Waals surface area contributed by atoms with E-state index < -0.39 is 5.97 Å². The minimum atomic E-state index is -0.862. The van der Waals surface area contributed by atoms with Gasteiger partial charge in [0, 0.05) is 19.3 Å².